The van der Waals surface area contributed by atoms with E-state index in [2.05, 4.69) is 15.4 Å². The number of aryl methyl sites for hydroxylation is 1. The second-order valence-electron chi connectivity index (χ2n) is 4.01. The Kier molecular flexibility index (Phi) is 3.29. The monoisotopic (exact) mass is 244 g/mol. The van der Waals surface area contributed by atoms with Crippen LogP contribution in [0.25, 0.3) is 0 Å². The van der Waals surface area contributed by atoms with Crippen LogP contribution in [0, 0.1) is 6.92 Å². The van der Waals surface area contributed by atoms with Crippen LogP contribution in [0.1, 0.15) is 5.56 Å². The number of nitrogens with two attached hydrogens (primary N) is 2. The smallest absolute Gasteiger partial charge is 0.224 e. The zero-order valence-corrected chi connectivity index (χ0v) is 10.4. The summed E-state index contributed by atoms with van der Waals surface area (Å²) in [6, 6.07) is 9.85. The number of rotatable bonds is 3. The molecule has 0 aliphatic rings. The van der Waals surface area contributed by atoms with Crippen molar-refractivity contribution in [2.24, 2.45) is 5.84 Å². The minimum absolute atomic E-state index is 0.180. The highest BCUT2D eigenvalue weighted by Crippen LogP contribution is 2.23. The molecule has 0 spiro atoms. The maximum atomic E-state index is 5.63. The van der Waals surface area contributed by atoms with E-state index in [4.69, 9.17) is 11.6 Å². The molecular weight excluding hydrogens is 228 g/mol. The maximum Gasteiger partial charge on any atom is 0.224 e. The topological polar surface area (TPSA) is 93.1 Å². The van der Waals surface area contributed by atoms with E-state index in [1.165, 1.54) is 5.56 Å². The summed E-state index contributed by atoms with van der Waals surface area (Å²) < 4.78 is 0. The average Bonchev–Trinajstić information content (AvgIpc) is 2.38. The van der Waals surface area contributed by atoms with Gasteiger partial charge in [-0.15, -0.1) is 0 Å². The fourth-order valence-corrected chi connectivity index (χ4v) is 1.60. The molecule has 6 heteroatoms. The lowest BCUT2D eigenvalue weighted by atomic mass is 10.2. The van der Waals surface area contributed by atoms with Gasteiger partial charge in [-0.2, -0.15) is 9.97 Å². The van der Waals surface area contributed by atoms with Gasteiger partial charge in [0.25, 0.3) is 0 Å². The van der Waals surface area contributed by atoms with E-state index in [9.17, 15) is 0 Å². The molecule has 0 atom stereocenters. The largest absolute Gasteiger partial charge is 0.368 e. The van der Waals surface area contributed by atoms with Crippen molar-refractivity contribution in [1.29, 1.82) is 0 Å². The molecular formula is C12H16N6. The van der Waals surface area contributed by atoms with Crippen molar-refractivity contribution >= 4 is 23.3 Å². The van der Waals surface area contributed by atoms with Crippen LogP contribution in [-0.2, 0) is 0 Å². The average molecular weight is 244 g/mol. The van der Waals surface area contributed by atoms with Crippen molar-refractivity contribution in [2.75, 3.05) is 23.1 Å². The number of hydrogen-bond acceptors (Lipinski definition) is 6. The Morgan fingerprint density at radius 2 is 1.83 bits per heavy atom. The first kappa shape index (κ1) is 12.1. The fourth-order valence-electron chi connectivity index (χ4n) is 1.60. The second kappa shape index (κ2) is 4.89. The minimum Gasteiger partial charge on any atom is -0.368 e. The molecule has 0 bridgehead atoms. The third kappa shape index (κ3) is 2.49. The molecule has 1 aromatic heterocycles. The van der Waals surface area contributed by atoms with E-state index in [1.807, 2.05) is 43.1 Å². The van der Waals surface area contributed by atoms with Gasteiger partial charge in [0.05, 0.1) is 0 Å². The lowest BCUT2D eigenvalue weighted by Crippen LogP contribution is -2.15. The summed E-state index contributed by atoms with van der Waals surface area (Å²) in [5.41, 5.74) is 10.3. The molecule has 0 saturated carbocycles. The van der Waals surface area contributed by atoms with Gasteiger partial charge in [-0.05, 0) is 19.1 Å². The Morgan fingerprint density at radius 3 is 2.44 bits per heavy atom. The molecule has 94 valence electrons. The summed E-state index contributed by atoms with van der Waals surface area (Å²) >= 11 is 0. The molecule has 5 N–H and O–H groups in total. The van der Waals surface area contributed by atoms with Gasteiger partial charge in [0.2, 0.25) is 5.95 Å². The van der Waals surface area contributed by atoms with E-state index in [1.54, 1.807) is 6.07 Å². The number of nitrogen functional groups attached to an aromatic ring is 2. The summed E-state index contributed by atoms with van der Waals surface area (Å²) in [4.78, 5) is 10.0. The Hall–Kier alpha value is -2.34. The van der Waals surface area contributed by atoms with Gasteiger partial charge in [0.15, 0.2) is 0 Å². The molecule has 2 aromatic rings. The van der Waals surface area contributed by atoms with Crippen LogP contribution < -0.4 is 21.9 Å². The third-order valence-corrected chi connectivity index (χ3v) is 2.64. The van der Waals surface area contributed by atoms with E-state index in [0.29, 0.717) is 11.6 Å². The van der Waals surface area contributed by atoms with Gasteiger partial charge in [-0.1, -0.05) is 17.7 Å². The van der Waals surface area contributed by atoms with E-state index in [-0.39, 0.29) is 5.95 Å². The number of anilines is 4. The predicted molar refractivity (Wildman–Crippen MR) is 73.5 cm³/mol. The highest BCUT2D eigenvalue weighted by atomic mass is 15.3. The minimum atomic E-state index is 0.180. The zero-order chi connectivity index (χ0) is 13.1. The highest BCUT2D eigenvalue weighted by Gasteiger charge is 2.08. The fraction of sp³-hybridized carbons (Fsp3) is 0.167. The maximum absolute atomic E-state index is 5.63. The van der Waals surface area contributed by atoms with E-state index in [0.717, 1.165) is 5.69 Å². The van der Waals surface area contributed by atoms with Crippen LogP contribution in [0.2, 0.25) is 0 Å². The summed E-state index contributed by atoms with van der Waals surface area (Å²) in [5, 5.41) is 0. The summed E-state index contributed by atoms with van der Waals surface area (Å²) in [7, 11) is 1.91. The van der Waals surface area contributed by atoms with Gasteiger partial charge >= 0.3 is 0 Å². The first-order valence-corrected chi connectivity index (χ1v) is 5.51. The van der Waals surface area contributed by atoms with Gasteiger partial charge in [-0.25, -0.2) is 5.84 Å². The van der Waals surface area contributed by atoms with Crippen LogP contribution in [-0.4, -0.2) is 17.0 Å². The molecule has 0 fully saturated rings. The number of hydrogen-bond donors (Lipinski definition) is 3. The highest BCUT2D eigenvalue weighted by molar-refractivity contribution is 5.63. The van der Waals surface area contributed by atoms with Crippen molar-refractivity contribution in [2.45, 2.75) is 6.92 Å². The number of hydrazine groups is 1. The number of nitrogens with zero attached hydrogens (tertiary/aromatic N) is 3. The summed E-state index contributed by atoms with van der Waals surface area (Å²) in [5.74, 6) is 6.67. The Bertz CT molecular complexity index is 537. The first-order chi connectivity index (χ1) is 8.60. The molecule has 0 aliphatic heterocycles. The molecule has 18 heavy (non-hydrogen) atoms. The summed E-state index contributed by atoms with van der Waals surface area (Å²) in [6.07, 6.45) is 0. The molecule has 6 nitrogen and oxygen atoms in total. The molecule has 0 unspecified atom stereocenters. The number of nitrogens with one attached hydrogen (secondary N) is 1. The normalized spacial score (nSPS) is 10.2. The molecule has 0 radical (unpaired) electrons. The molecule has 0 aliphatic carbocycles. The number of aromatic nitrogens is 2. The molecule has 0 saturated heterocycles. The van der Waals surface area contributed by atoms with Crippen molar-refractivity contribution in [3.05, 3.63) is 35.9 Å². The van der Waals surface area contributed by atoms with Crippen molar-refractivity contribution in [1.82, 2.24) is 9.97 Å². The van der Waals surface area contributed by atoms with Crippen LogP contribution >= 0.6 is 0 Å². The van der Waals surface area contributed by atoms with E-state index >= 15 is 0 Å². The third-order valence-electron chi connectivity index (χ3n) is 2.64. The van der Waals surface area contributed by atoms with Crippen molar-refractivity contribution < 1.29 is 0 Å². The first-order valence-electron chi connectivity index (χ1n) is 5.51. The Morgan fingerprint density at radius 1 is 1.17 bits per heavy atom. The quantitative estimate of drug-likeness (QED) is 0.558. The van der Waals surface area contributed by atoms with Crippen LogP contribution in [0.3, 0.4) is 0 Å². The van der Waals surface area contributed by atoms with Gasteiger partial charge < -0.3 is 16.1 Å². The van der Waals surface area contributed by atoms with Crippen LogP contribution in [0.15, 0.2) is 30.3 Å². The van der Waals surface area contributed by atoms with Crippen LogP contribution in [0.4, 0.5) is 23.3 Å². The van der Waals surface area contributed by atoms with Crippen molar-refractivity contribution in [3.8, 4) is 0 Å². The van der Waals surface area contributed by atoms with Crippen molar-refractivity contribution in [3.63, 3.8) is 0 Å². The lowest BCUT2D eigenvalue weighted by molar-refractivity contribution is 1.08. The van der Waals surface area contributed by atoms with Gasteiger partial charge in [0, 0.05) is 18.8 Å². The van der Waals surface area contributed by atoms with E-state index < -0.39 is 0 Å². The summed E-state index contributed by atoms with van der Waals surface area (Å²) in [6.45, 7) is 2.04. The Labute approximate surface area is 106 Å². The predicted octanol–water partition coefficient (Wildman–Crippen LogP) is 1.42. The zero-order valence-electron chi connectivity index (χ0n) is 10.4. The van der Waals surface area contributed by atoms with Gasteiger partial charge in [-0.3, -0.25) is 0 Å². The molecule has 0 amide bonds. The second-order valence-corrected chi connectivity index (χ2v) is 4.01. The molecule has 1 aromatic carbocycles. The lowest BCUT2D eigenvalue weighted by Gasteiger charge is -2.19. The number of benzene rings is 1. The SMILES string of the molecule is Cc1ccc(N(C)c2cc(NN)nc(N)n2)cc1. The molecule has 2 rings (SSSR count). The standard InChI is InChI=1S/C12H16N6/c1-8-3-5-9(6-4-8)18(2)11-7-10(17-14)15-12(13)16-11/h3-7H,14H2,1-2H3,(H3,13,15,16,17). The molecule has 1 heterocycles. The Balaban J connectivity index is 2.35. The van der Waals surface area contributed by atoms with Crippen LogP contribution in [0.5, 0.6) is 0 Å². The van der Waals surface area contributed by atoms with Gasteiger partial charge in [0.1, 0.15) is 11.6 Å².